The van der Waals surface area contributed by atoms with Crippen LogP contribution in [0.25, 0.3) is 0 Å². The van der Waals surface area contributed by atoms with Gasteiger partial charge in [-0.1, -0.05) is 26.0 Å². The standard InChI is InChI=1S/C20H18FN3O2/c1-19(2)11-20(8-14(10-23)17(19)25)6-7-24(12-20)18(26)15-5-3-4-13(9-22)16(15)21/h3-5,8H,6-7,11-12H2,1-2H3/t20-/m1/s1. The average Bonchev–Trinajstić information content (AvgIpc) is 3.00. The molecule has 0 radical (unpaired) electrons. The molecule has 0 N–H and O–H groups in total. The van der Waals surface area contributed by atoms with Crippen LogP contribution in [0.1, 0.15) is 42.6 Å². The summed E-state index contributed by atoms with van der Waals surface area (Å²) in [5, 5.41) is 18.2. The highest BCUT2D eigenvalue weighted by molar-refractivity contribution is 6.04. The van der Waals surface area contributed by atoms with Crippen molar-refractivity contribution in [1.29, 1.82) is 10.5 Å². The summed E-state index contributed by atoms with van der Waals surface area (Å²) in [6.45, 7) is 4.35. The molecular weight excluding hydrogens is 333 g/mol. The Morgan fingerprint density at radius 3 is 2.65 bits per heavy atom. The Kier molecular flexibility index (Phi) is 4.16. The maximum Gasteiger partial charge on any atom is 0.256 e. The van der Waals surface area contributed by atoms with Crippen LogP contribution in [0.2, 0.25) is 0 Å². The van der Waals surface area contributed by atoms with Crippen LogP contribution in [0, 0.1) is 39.3 Å². The first-order valence-corrected chi connectivity index (χ1v) is 8.39. The molecule has 1 heterocycles. The Balaban J connectivity index is 1.91. The number of carbonyl (C=O) groups is 2. The van der Waals surface area contributed by atoms with Gasteiger partial charge < -0.3 is 4.90 Å². The summed E-state index contributed by atoms with van der Waals surface area (Å²) in [5.41, 5.74) is -1.29. The molecule has 5 nitrogen and oxygen atoms in total. The number of hydrogen-bond acceptors (Lipinski definition) is 4. The van der Waals surface area contributed by atoms with Gasteiger partial charge in [-0.2, -0.15) is 10.5 Å². The van der Waals surface area contributed by atoms with Gasteiger partial charge in [-0.3, -0.25) is 9.59 Å². The smallest absolute Gasteiger partial charge is 0.256 e. The lowest BCUT2D eigenvalue weighted by Crippen LogP contribution is -2.40. The second-order valence-corrected chi connectivity index (χ2v) is 7.68. The van der Waals surface area contributed by atoms with E-state index in [-0.39, 0.29) is 22.5 Å². The SMILES string of the molecule is CC1(C)C[C@]2(C=C(C#N)C1=O)CCN(C(=O)c1cccc(C#N)c1F)C2. The van der Waals surface area contributed by atoms with E-state index in [9.17, 15) is 19.2 Å². The maximum atomic E-state index is 14.3. The Morgan fingerprint density at radius 1 is 1.27 bits per heavy atom. The molecule has 1 aromatic rings. The Hall–Kier alpha value is -2.99. The molecule has 2 aliphatic rings. The van der Waals surface area contributed by atoms with Crippen LogP contribution in [-0.4, -0.2) is 29.7 Å². The molecule has 1 atom stereocenters. The third-order valence-corrected chi connectivity index (χ3v) is 5.25. The fraction of sp³-hybridized carbons (Fsp3) is 0.400. The Labute approximate surface area is 151 Å². The minimum absolute atomic E-state index is 0.128. The van der Waals surface area contributed by atoms with E-state index in [1.807, 2.05) is 19.9 Å². The molecule has 1 saturated heterocycles. The highest BCUT2D eigenvalue weighted by atomic mass is 19.1. The second kappa shape index (κ2) is 6.07. The van der Waals surface area contributed by atoms with Crippen molar-refractivity contribution in [2.45, 2.75) is 26.7 Å². The Bertz CT molecular complexity index is 920. The van der Waals surface area contributed by atoms with Gasteiger partial charge in [-0.25, -0.2) is 4.39 Å². The van der Waals surface area contributed by atoms with Crippen molar-refractivity contribution in [3.05, 3.63) is 46.8 Å². The van der Waals surface area contributed by atoms with Gasteiger partial charge in [0.25, 0.3) is 5.91 Å². The molecule has 0 saturated carbocycles. The first kappa shape index (κ1) is 17.8. The maximum absolute atomic E-state index is 14.3. The zero-order valence-electron chi connectivity index (χ0n) is 14.7. The van der Waals surface area contributed by atoms with Crippen molar-refractivity contribution in [2.75, 3.05) is 13.1 Å². The van der Waals surface area contributed by atoms with Crippen molar-refractivity contribution in [3.8, 4) is 12.1 Å². The number of likely N-dealkylation sites (tertiary alicyclic amines) is 1. The molecule has 1 aliphatic heterocycles. The van der Waals surface area contributed by atoms with E-state index in [0.717, 1.165) is 0 Å². The molecule has 1 aromatic carbocycles. The Morgan fingerprint density at radius 2 is 2.00 bits per heavy atom. The normalized spacial score (nSPS) is 24.1. The van der Waals surface area contributed by atoms with Gasteiger partial charge in [0.2, 0.25) is 0 Å². The molecule has 0 unspecified atom stereocenters. The number of halogens is 1. The molecule has 132 valence electrons. The van der Waals surface area contributed by atoms with Crippen molar-refractivity contribution in [1.82, 2.24) is 4.90 Å². The third kappa shape index (κ3) is 2.78. The summed E-state index contributed by atoms with van der Waals surface area (Å²) in [6.07, 6.45) is 2.84. The van der Waals surface area contributed by atoms with Gasteiger partial charge in [0, 0.05) is 23.9 Å². The summed E-state index contributed by atoms with van der Waals surface area (Å²) in [5.74, 6) is -1.46. The second-order valence-electron chi connectivity index (χ2n) is 7.68. The van der Waals surface area contributed by atoms with Crippen molar-refractivity contribution < 1.29 is 14.0 Å². The summed E-state index contributed by atoms with van der Waals surface area (Å²) < 4.78 is 14.3. The molecule has 26 heavy (non-hydrogen) atoms. The van der Waals surface area contributed by atoms with Gasteiger partial charge in [-0.05, 0) is 25.0 Å². The number of Topliss-reactive ketones (excluding diaryl/α,β-unsaturated/α-hetero) is 1. The van der Waals surface area contributed by atoms with E-state index < -0.39 is 22.6 Å². The highest BCUT2D eigenvalue weighted by Crippen LogP contribution is 2.48. The van der Waals surface area contributed by atoms with Crippen LogP contribution in [0.15, 0.2) is 29.8 Å². The lowest BCUT2D eigenvalue weighted by Gasteiger charge is -2.38. The van der Waals surface area contributed by atoms with E-state index in [2.05, 4.69) is 0 Å². The van der Waals surface area contributed by atoms with Gasteiger partial charge >= 0.3 is 0 Å². The van der Waals surface area contributed by atoms with Crippen LogP contribution in [-0.2, 0) is 4.79 Å². The van der Waals surface area contributed by atoms with E-state index >= 15 is 0 Å². The van der Waals surface area contributed by atoms with E-state index in [0.29, 0.717) is 25.9 Å². The van der Waals surface area contributed by atoms with Crippen LogP contribution in [0.4, 0.5) is 4.39 Å². The number of allylic oxidation sites excluding steroid dienone is 1. The molecule has 1 aliphatic carbocycles. The molecule has 0 bridgehead atoms. The van der Waals surface area contributed by atoms with E-state index in [4.69, 9.17) is 5.26 Å². The monoisotopic (exact) mass is 351 g/mol. The summed E-state index contributed by atoms with van der Waals surface area (Å²) in [7, 11) is 0. The molecule has 0 aromatic heterocycles. The molecule has 1 spiro atoms. The summed E-state index contributed by atoms with van der Waals surface area (Å²) in [6, 6.07) is 7.89. The average molecular weight is 351 g/mol. The van der Waals surface area contributed by atoms with Crippen molar-refractivity contribution >= 4 is 11.7 Å². The quantitative estimate of drug-likeness (QED) is 0.778. The molecule has 1 fully saturated rings. The van der Waals surface area contributed by atoms with Gasteiger partial charge in [0.1, 0.15) is 12.1 Å². The number of nitriles is 2. The minimum atomic E-state index is -0.812. The number of rotatable bonds is 1. The van der Waals surface area contributed by atoms with E-state index in [1.54, 1.807) is 12.1 Å². The van der Waals surface area contributed by atoms with Crippen molar-refractivity contribution in [3.63, 3.8) is 0 Å². The number of carbonyl (C=O) groups excluding carboxylic acids is 2. The lowest BCUT2D eigenvalue weighted by atomic mass is 9.64. The molecular formula is C20H18FN3O2. The first-order chi connectivity index (χ1) is 12.2. The number of ketones is 1. The fourth-order valence-corrected chi connectivity index (χ4v) is 4.12. The third-order valence-electron chi connectivity index (χ3n) is 5.25. The van der Waals surface area contributed by atoms with Crippen LogP contribution >= 0.6 is 0 Å². The minimum Gasteiger partial charge on any atom is -0.338 e. The van der Waals surface area contributed by atoms with Gasteiger partial charge in [-0.15, -0.1) is 0 Å². The van der Waals surface area contributed by atoms with E-state index in [1.165, 1.54) is 23.1 Å². The molecule has 6 heteroatoms. The first-order valence-electron chi connectivity index (χ1n) is 8.39. The zero-order chi connectivity index (χ0) is 19.1. The van der Waals surface area contributed by atoms with Crippen LogP contribution < -0.4 is 0 Å². The number of benzene rings is 1. The summed E-state index contributed by atoms with van der Waals surface area (Å²) >= 11 is 0. The van der Waals surface area contributed by atoms with Gasteiger partial charge in [0.15, 0.2) is 11.6 Å². The largest absolute Gasteiger partial charge is 0.338 e. The lowest BCUT2D eigenvalue weighted by molar-refractivity contribution is -0.125. The van der Waals surface area contributed by atoms with Crippen molar-refractivity contribution in [2.24, 2.45) is 10.8 Å². The zero-order valence-corrected chi connectivity index (χ0v) is 14.7. The fourth-order valence-electron chi connectivity index (χ4n) is 4.12. The number of amides is 1. The predicted molar refractivity (Wildman–Crippen MR) is 91.2 cm³/mol. The van der Waals surface area contributed by atoms with Crippen LogP contribution in [0.5, 0.6) is 0 Å². The predicted octanol–water partition coefficient (Wildman–Crippen LogP) is 2.98. The number of nitrogens with zero attached hydrogens (tertiary/aromatic N) is 3. The summed E-state index contributed by atoms with van der Waals surface area (Å²) in [4.78, 5) is 26.6. The van der Waals surface area contributed by atoms with Gasteiger partial charge in [0.05, 0.1) is 16.7 Å². The molecule has 3 rings (SSSR count). The topological polar surface area (TPSA) is 85.0 Å². The number of hydrogen-bond donors (Lipinski definition) is 0. The van der Waals surface area contributed by atoms with Crippen LogP contribution in [0.3, 0.4) is 0 Å². The highest BCUT2D eigenvalue weighted by Gasteiger charge is 2.49. The molecule has 1 amide bonds.